The summed E-state index contributed by atoms with van der Waals surface area (Å²) in [6, 6.07) is 24.6. The zero-order valence-corrected chi connectivity index (χ0v) is 27.6. The van der Waals surface area contributed by atoms with Gasteiger partial charge in [-0.25, -0.2) is 9.97 Å². The van der Waals surface area contributed by atoms with Crippen LogP contribution in [0.2, 0.25) is 0 Å². The van der Waals surface area contributed by atoms with Crippen molar-refractivity contribution in [1.82, 2.24) is 39.9 Å². The van der Waals surface area contributed by atoms with Crippen LogP contribution < -0.4 is 0 Å². The van der Waals surface area contributed by atoms with E-state index in [0.29, 0.717) is 0 Å². The first-order valence-electron chi connectivity index (χ1n) is 15.6. The summed E-state index contributed by atoms with van der Waals surface area (Å²) in [4.78, 5) is 35.2. The molecule has 2 aliphatic rings. The predicted octanol–water partition coefficient (Wildman–Crippen LogP) is 8.90. The second kappa shape index (κ2) is 12.8. The molecule has 2 N–H and O–H groups in total. The Morgan fingerprint density at radius 3 is 0.755 bits per heavy atom. The van der Waals surface area contributed by atoms with E-state index in [1.807, 2.05) is 98.1 Å². The summed E-state index contributed by atoms with van der Waals surface area (Å²) in [5.74, 6) is 0. The maximum Gasteiger partial charge on any atom is 4.00 e. The molecule has 0 saturated heterocycles. The van der Waals surface area contributed by atoms with E-state index in [9.17, 15) is 0 Å². The predicted molar refractivity (Wildman–Crippen MR) is 192 cm³/mol. The molecular formula is C40H26N8Ti+4. The molecule has 2 aliphatic heterocycles. The van der Waals surface area contributed by atoms with Crippen molar-refractivity contribution in [2.45, 2.75) is 0 Å². The number of aromatic nitrogens is 8. The summed E-state index contributed by atoms with van der Waals surface area (Å²) in [5.41, 5.74) is 15.0. The van der Waals surface area contributed by atoms with Crippen molar-refractivity contribution in [3.05, 3.63) is 145 Å². The largest absolute Gasteiger partial charge is 4.00 e. The third-order valence-corrected chi connectivity index (χ3v) is 8.63. The molecule has 0 aromatic carbocycles. The van der Waals surface area contributed by atoms with Gasteiger partial charge in [0.2, 0.25) is 0 Å². The number of hydrogen-bond acceptors (Lipinski definition) is 6. The molecule has 7 aromatic heterocycles. The number of pyridine rings is 4. The monoisotopic (exact) mass is 666 g/mol. The molecule has 0 aliphatic carbocycles. The van der Waals surface area contributed by atoms with Crippen LogP contribution in [-0.4, -0.2) is 39.9 Å². The van der Waals surface area contributed by atoms with Crippen molar-refractivity contribution in [2.75, 3.05) is 0 Å². The first-order valence-corrected chi connectivity index (χ1v) is 15.6. The van der Waals surface area contributed by atoms with Gasteiger partial charge in [0.05, 0.1) is 22.8 Å². The Kier molecular flexibility index (Phi) is 7.93. The first-order chi connectivity index (χ1) is 23.8. The molecule has 9 rings (SSSR count). The number of fused-ring (bicyclic) bond motifs is 8. The van der Waals surface area contributed by atoms with Crippen LogP contribution in [-0.2, 0) is 21.7 Å². The number of aromatic amines is 2. The van der Waals surface area contributed by atoms with Crippen molar-refractivity contribution in [2.24, 2.45) is 0 Å². The summed E-state index contributed by atoms with van der Waals surface area (Å²) in [5, 5.41) is 0. The average Bonchev–Trinajstić information content (AvgIpc) is 3.98. The van der Waals surface area contributed by atoms with Gasteiger partial charge in [-0.1, -0.05) is 0 Å². The van der Waals surface area contributed by atoms with Gasteiger partial charge in [-0.05, 0) is 119 Å². The molecule has 0 fully saturated rings. The van der Waals surface area contributed by atoms with Crippen molar-refractivity contribution >= 4 is 46.4 Å². The maximum atomic E-state index is 5.29. The third-order valence-electron chi connectivity index (χ3n) is 8.63. The van der Waals surface area contributed by atoms with E-state index in [1.165, 1.54) is 0 Å². The molecule has 9 heteroatoms. The van der Waals surface area contributed by atoms with E-state index in [-0.39, 0.29) is 21.7 Å². The van der Waals surface area contributed by atoms with E-state index >= 15 is 0 Å². The van der Waals surface area contributed by atoms with Gasteiger partial charge >= 0.3 is 21.7 Å². The molecule has 0 atom stereocenters. The fourth-order valence-corrected chi connectivity index (χ4v) is 6.49. The maximum absolute atomic E-state index is 5.29. The van der Waals surface area contributed by atoms with E-state index in [0.717, 1.165) is 89.4 Å². The van der Waals surface area contributed by atoms with Crippen LogP contribution in [0.1, 0.15) is 22.8 Å². The van der Waals surface area contributed by atoms with Crippen LogP contribution in [0.5, 0.6) is 0 Å². The normalized spacial score (nSPS) is 11.8. The van der Waals surface area contributed by atoms with Crippen LogP contribution >= 0.6 is 0 Å². The van der Waals surface area contributed by atoms with Gasteiger partial charge < -0.3 is 9.97 Å². The third kappa shape index (κ3) is 5.53. The standard InChI is InChI=1S/C40H26N8.Ti/c1-2-30-38(26-11-19-42-20-12-26)32-5-6-34(47-32)40(28-15-23-44-24-16-28)36-8-7-35(48-36)39(27-13-21-43-22-14-27)33-4-3-31(46-33)37(29(1)45-30)25-9-17-41-18-10-25;/h1-24,45,48H;/q;+4. The van der Waals surface area contributed by atoms with Gasteiger partial charge in [-0.15, -0.1) is 0 Å². The summed E-state index contributed by atoms with van der Waals surface area (Å²) in [6.45, 7) is 0. The molecule has 8 bridgehead atoms. The summed E-state index contributed by atoms with van der Waals surface area (Å²) in [7, 11) is 0. The summed E-state index contributed by atoms with van der Waals surface area (Å²) >= 11 is 0. The molecule has 0 unspecified atom stereocenters. The topological polar surface area (TPSA) is 109 Å². The van der Waals surface area contributed by atoms with Gasteiger partial charge in [0, 0.05) is 93.9 Å². The van der Waals surface area contributed by atoms with Crippen LogP contribution in [0.3, 0.4) is 0 Å². The van der Waals surface area contributed by atoms with Crippen molar-refractivity contribution < 1.29 is 21.7 Å². The van der Waals surface area contributed by atoms with Gasteiger partial charge in [0.1, 0.15) is 0 Å². The zero-order chi connectivity index (χ0) is 31.9. The molecule has 0 spiro atoms. The molecule has 0 amide bonds. The van der Waals surface area contributed by atoms with Gasteiger partial charge in [0.15, 0.2) is 0 Å². The number of rotatable bonds is 4. The number of hydrogen-bond donors (Lipinski definition) is 2. The van der Waals surface area contributed by atoms with Crippen molar-refractivity contribution in [1.29, 1.82) is 0 Å². The summed E-state index contributed by atoms with van der Waals surface area (Å²) in [6.07, 6.45) is 22.8. The summed E-state index contributed by atoms with van der Waals surface area (Å²) < 4.78 is 0. The number of H-pyrrole nitrogens is 2. The fourth-order valence-electron chi connectivity index (χ4n) is 6.49. The Labute approximate surface area is 296 Å². The molecule has 9 heterocycles. The Morgan fingerprint density at radius 2 is 0.531 bits per heavy atom. The van der Waals surface area contributed by atoms with E-state index in [1.54, 1.807) is 0 Å². The molecule has 49 heavy (non-hydrogen) atoms. The minimum absolute atomic E-state index is 0. The fraction of sp³-hybridized carbons (Fsp3) is 0. The minimum Gasteiger partial charge on any atom is -0.354 e. The smallest absolute Gasteiger partial charge is 0.354 e. The van der Waals surface area contributed by atoms with Crippen molar-refractivity contribution in [3.8, 4) is 44.5 Å². The number of nitrogens with one attached hydrogen (secondary N) is 2. The molecule has 8 nitrogen and oxygen atoms in total. The average molecular weight is 667 g/mol. The molecular weight excluding hydrogens is 640 g/mol. The zero-order valence-electron chi connectivity index (χ0n) is 26.0. The Balaban J connectivity index is 0.00000348. The van der Waals surface area contributed by atoms with E-state index < -0.39 is 0 Å². The quantitative estimate of drug-likeness (QED) is 0.182. The van der Waals surface area contributed by atoms with E-state index in [4.69, 9.17) is 9.97 Å². The molecule has 0 saturated carbocycles. The molecule has 0 radical (unpaired) electrons. The molecule has 7 aromatic rings. The van der Waals surface area contributed by atoms with Crippen LogP contribution in [0.25, 0.3) is 90.9 Å². The van der Waals surface area contributed by atoms with Gasteiger partial charge in [0.25, 0.3) is 0 Å². The minimum atomic E-state index is 0. The van der Waals surface area contributed by atoms with Crippen LogP contribution in [0.4, 0.5) is 0 Å². The van der Waals surface area contributed by atoms with E-state index in [2.05, 4.69) is 78.5 Å². The first kappa shape index (κ1) is 30.3. The Hall–Kier alpha value is -6.09. The molecule has 226 valence electrons. The Bertz CT molecular complexity index is 2190. The Morgan fingerprint density at radius 1 is 0.306 bits per heavy atom. The van der Waals surface area contributed by atoms with Gasteiger partial charge in [-0.3, -0.25) is 19.9 Å². The van der Waals surface area contributed by atoms with Crippen molar-refractivity contribution in [3.63, 3.8) is 0 Å². The van der Waals surface area contributed by atoms with Gasteiger partial charge in [-0.2, -0.15) is 0 Å². The number of nitrogens with zero attached hydrogens (tertiary/aromatic N) is 6. The van der Waals surface area contributed by atoms with Crippen LogP contribution in [0.15, 0.2) is 122 Å². The SMILES string of the molecule is C1=Cc2nc1c(-c1ccncc1)c1ccc([nH]1)c(-c1ccncc1)c1nc(c(-c3ccncc3)c3ccc([nH]3)c2-c2ccncc2)C=C1.[Ti+4]. The van der Waals surface area contributed by atoms with Crippen LogP contribution in [0, 0.1) is 0 Å². The second-order valence-electron chi connectivity index (χ2n) is 11.4. The second-order valence-corrected chi connectivity index (χ2v) is 11.4.